The SMILES string of the molecule is O=C([C@@H]1CC=CCC1)N1CCOc2ccc(CN3CCC(OCc4ccccc4)CC3)cc2C1. The van der Waals surface area contributed by atoms with E-state index in [4.69, 9.17) is 9.47 Å². The van der Waals surface area contributed by atoms with Crippen molar-refractivity contribution in [3.05, 3.63) is 77.4 Å². The van der Waals surface area contributed by atoms with Crippen LogP contribution in [0.3, 0.4) is 0 Å². The standard InChI is InChI=1S/C29H36N2O3/c32-29(25-9-5-2-6-10-25)31-17-18-33-28-12-11-24(19-26(28)21-31)20-30-15-13-27(14-16-30)34-22-23-7-3-1-4-8-23/h1-5,7-8,11-12,19,25,27H,6,9-10,13-18,20-22H2/t25-/m1/s1. The Balaban J connectivity index is 1.14. The molecule has 2 heterocycles. The lowest BCUT2D eigenvalue weighted by Crippen LogP contribution is -2.37. The molecule has 0 aromatic heterocycles. The average molecular weight is 461 g/mol. The quantitative estimate of drug-likeness (QED) is 0.573. The first-order valence-electron chi connectivity index (χ1n) is 12.8. The Kier molecular flexibility index (Phi) is 7.62. The van der Waals surface area contributed by atoms with E-state index in [0.717, 1.165) is 63.1 Å². The minimum Gasteiger partial charge on any atom is -0.491 e. The molecule has 0 spiro atoms. The van der Waals surface area contributed by atoms with Gasteiger partial charge in [-0.15, -0.1) is 0 Å². The lowest BCUT2D eigenvalue weighted by Gasteiger charge is -2.32. The van der Waals surface area contributed by atoms with Gasteiger partial charge in [0.1, 0.15) is 12.4 Å². The van der Waals surface area contributed by atoms with Crippen LogP contribution < -0.4 is 4.74 Å². The van der Waals surface area contributed by atoms with Gasteiger partial charge in [0.15, 0.2) is 0 Å². The molecule has 1 fully saturated rings. The van der Waals surface area contributed by atoms with Gasteiger partial charge in [0.05, 0.1) is 19.3 Å². The Morgan fingerprint density at radius 1 is 0.971 bits per heavy atom. The largest absolute Gasteiger partial charge is 0.491 e. The number of likely N-dealkylation sites (tertiary alicyclic amines) is 1. The minimum absolute atomic E-state index is 0.125. The molecule has 5 nitrogen and oxygen atoms in total. The molecule has 2 aliphatic heterocycles. The summed E-state index contributed by atoms with van der Waals surface area (Å²) in [4.78, 5) is 17.6. The van der Waals surface area contributed by atoms with Gasteiger partial charge in [-0.3, -0.25) is 9.69 Å². The van der Waals surface area contributed by atoms with Crippen molar-refractivity contribution in [1.29, 1.82) is 0 Å². The summed E-state index contributed by atoms with van der Waals surface area (Å²) in [7, 11) is 0. The number of benzene rings is 2. The molecule has 2 aromatic rings. The highest BCUT2D eigenvalue weighted by Gasteiger charge is 2.27. The lowest BCUT2D eigenvalue weighted by molar-refractivity contribution is -0.136. The number of amides is 1. The van der Waals surface area contributed by atoms with Crippen molar-refractivity contribution in [2.45, 2.75) is 57.9 Å². The number of hydrogen-bond acceptors (Lipinski definition) is 4. The molecule has 34 heavy (non-hydrogen) atoms. The van der Waals surface area contributed by atoms with Crippen molar-refractivity contribution < 1.29 is 14.3 Å². The summed E-state index contributed by atoms with van der Waals surface area (Å²) in [6.45, 7) is 5.61. The summed E-state index contributed by atoms with van der Waals surface area (Å²) in [5.41, 5.74) is 3.67. The molecule has 0 radical (unpaired) electrons. The van der Waals surface area contributed by atoms with Gasteiger partial charge in [-0.05, 0) is 55.4 Å². The normalized spacial score (nSPS) is 21.5. The molecule has 1 aliphatic carbocycles. The van der Waals surface area contributed by atoms with E-state index in [1.165, 1.54) is 11.1 Å². The Hall–Kier alpha value is -2.63. The second-order valence-corrected chi connectivity index (χ2v) is 9.80. The van der Waals surface area contributed by atoms with Gasteiger partial charge in [-0.2, -0.15) is 0 Å². The molecule has 1 atom stereocenters. The number of piperidine rings is 1. The lowest BCUT2D eigenvalue weighted by atomic mass is 9.93. The van der Waals surface area contributed by atoms with Gasteiger partial charge in [-0.25, -0.2) is 0 Å². The molecule has 0 N–H and O–H groups in total. The molecule has 0 bridgehead atoms. The smallest absolute Gasteiger partial charge is 0.226 e. The van der Waals surface area contributed by atoms with Gasteiger partial charge in [0.2, 0.25) is 5.91 Å². The number of fused-ring (bicyclic) bond motifs is 1. The maximum atomic E-state index is 13.1. The molecule has 2 aromatic carbocycles. The van der Waals surface area contributed by atoms with Crippen LogP contribution >= 0.6 is 0 Å². The van der Waals surface area contributed by atoms with E-state index in [1.54, 1.807) is 0 Å². The zero-order chi connectivity index (χ0) is 23.2. The first-order chi connectivity index (χ1) is 16.7. The Bertz CT molecular complexity index is 982. The van der Waals surface area contributed by atoms with E-state index in [2.05, 4.69) is 59.5 Å². The number of rotatable bonds is 6. The first kappa shape index (κ1) is 23.1. The molecule has 3 aliphatic rings. The molecule has 5 rings (SSSR count). The van der Waals surface area contributed by atoms with Crippen molar-refractivity contribution in [2.24, 2.45) is 5.92 Å². The topological polar surface area (TPSA) is 42.0 Å². The fraction of sp³-hybridized carbons (Fsp3) is 0.483. The third kappa shape index (κ3) is 5.89. The summed E-state index contributed by atoms with van der Waals surface area (Å²) in [6.07, 6.45) is 9.66. The molecule has 1 saturated heterocycles. The van der Waals surface area contributed by atoms with E-state index >= 15 is 0 Å². The summed E-state index contributed by atoms with van der Waals surface area (Å²) in [6, 6.07) is 16.9. The van der Waals surface area contributed by atoms with Gasteiger partial charge >= 0.3 is 0 Å². The molecule has 0 unspecified atom stereocenters. The van der Waals surface area contributed by atoms with Crippen LogP contribution in [0.15, 0.2) is 60.7 Å². The highest BCUT2D eigenvalue weighted by molar-refractivity contribution is 5.79. The van der Waals surface area contributed by atoms with Gasteiger partial charge in [-0.1, -0.05) is 48.6 Å². The number of allylic oxidation sites excluding steroid dienone is 2. The fourth-order valence-electron chi connectivity index (χ4n) is 5.29. The Morgan fingerprint density at radius 2 is 1.82 bits per heavy atom. The highest BCUT2D eigenvalue weighted by atomic mass is 16.5. The van der Waals surface area contributed by atoms with Gasteiger partial charge in [0, 0.05) is 37.7 Å². The summed E-state index contributed by atoms with van der Waals surface area (Å²) >= 11 is 0. The van der Waals surface area contributed by atoms with Crippen molar-refractivity contribution >= 4 is 5.91 Å². The van der Waals surface area contributed by atoms with Crippen molar-refractivity contribution in [2.75, 3.05) is 26.2 Å². The van der Waals surface area contributed by atoms with E-state index in [1.807, 2.05) is 11.0 Å². The van der Waals surface area contributed by atoms with Crippen molar-refractivity contribution in [3.8, 4) is 5.75 Å². The number of carbonyl (C=O) groups excluding carboxylic acids is 1. The zero-order valence-electron chi connectivity index (χ0n) is 20.0. The maximum absolute atomic E-state index is 13.1. The van der Waals surface area contributed by atoms with Crippen LogP contribution in [0.25, 0.3) is 0 Å². The van der Waals surface area contributed by atoms with Crippen LogP contribution in [0.5, 0.6) is 5.75 Å². The molecule has 1 amide bonds. The number of carbonyl (C=O) groups is 1. The van der Waals surface area contributed by atoms with Crippen LogP contribution in [0.1, 0.15) is 48.8 Å². The van der Waals surface area contributed by atoms with Crippen LogP contribution in [0.2, 0.25) is 0 Å². The monoisotopic (exact) mass is 460 g/mol. The fourth-order valence-corrected chi connectivity index (χ4v) is 5.29. The van der Waals surface area contributed by atoms with Crippen molar-refractivity contribution in [1.82, 2.24) is 9.80 Å². The number of hydrogen-bond donors (Lipinski definition) is 0. The van der Waals surface area contributed by atoms with Crippen molar-refractivity contribution in [3.63, 3.8) is 0 Å². The average Bonchev–Trinajstić information content (AvgIpc) is 3.11. The third-order valence-electron chi connectivity index (χ3n) is 7.30. The molecular weight excluding hydrogens is 424 g/mol. The van der Waals surface area contributed by atoms with Crippen LogP contribution in [0.4, 0.5) is 0 Å². The van der Waals surface area contributed by atoms with E-state index in [-0.39, 0.29) is 11.8 Å². The second kappa shape index (κ2) is 11.2. The Morgan fingerprint density at radius 3 is 2.62 bits per heavy atom. The van der Waals surface area contributed by atoms with Gasteiger partial charge < -0.3 is 14.4 Å². The van der Waals surface area contributed by atoms with Crippen LogP contribution in [-0.2, 0) is 29.2 Å². The second-order valence-electron chi connectivity index (χ2n) is 9.80. The summed E-state index contributed by atoms with van der Waals surface area (Å²) in [5.74, 6) is 1.33. The van der Waals surface area contributed by atoms with E-state index in [0.29, 0.717) is 32.4 Å². The predicted molar refractivity (Wildman–Crippen MR) is 133 cm³/mol. The van der Waals surface area contributed by atoms with E-state index < -0.39 is 0 Å². The number of ether oxygens (including phenoxy) is 2. The molecule has 5 heteroatoms. The summed E-state index contributed by atoms with van der Waals surface area (Å²) in [5, 5.41) is 0. The van der Waals surface area contributed by atoms with Crippen LogP contribution in [-0.4, -0.2) is 48.1 Å². The zero-order valence-corrected chi connectivity index (χ0v) is 20.0. The van der Waals surface area contributed by atoms with Crippen LogP contribution in [0, 0.1) is 5.92 Å². The summed E-state index contributed by atoms with van der Waals surface area (Å²) < 4.78 is 12.2. The predicted octanol–water partition coefficient (Wildman–Crippen LogP) is 4.95. The molecule has 0 saturated carbocycles. The number of nitrogens with zero attached hydrogens (tertiary/aromatic N) is 2. The first-order valence-corrected chi connectivity index (χ1v) is 12.8. The minimum atomic E-state index is 0.125. The third-order valence-corrected chi connectivity index (χ3v) is 7.30. The molecular formula is C29H36N2O3. The molecule has 180 valence electrons. The highest BCUT2D eigenvalue weighted by Crippen LogP contribution is 2.28. The maximum Gasteiger partial charge on any atom is 0.226 e. The Labute approximate surface area is 203 Å². The van der Waals surface area contributed by atoms with Gasteiger partial charge in [0.25, 0.3) is 0 Å². The van der Waals surface area contributed by atoms with E-state index in [9.17, 15) is 4.79 Å².